The molecule has 3 aliphatic rings. The predicted molar refractivity (Wildman–Crippen MR) is 113 cm³/mol. The minimum absolute atomic E-state index is 0.0708. The van der Waals surface area contributed by atoms with Crippen LogP contribution in [-0.2, 0) is 14.4 Å². The minimum atomic E-state index is -0.817. The van der Waals surface area contributed by atoms with Gasteiger partial charge in [-0.1, -0.05) is 17.8 Å². The van der Waals surface area contributed by atoms with Crippen LogP contribution < -0.4 is 20.1 Å². The van der Waals surface area contributed by atoms with Gasteiger partial charge in [-0.3, -0.25) is 9.59 Å². The van der Waals surface area contributed by atoms with Gasteiger partial charge in [-0.15, -0.1) is 0 Å². The molecule has 3 heterocycles. The Kier molecular flexibility index (Phi) is 4.44. The smallest absolute Gasteiger partial charge is 0.342 e. The normalized spacial score (nSPS) is 24.5. The van der Waals surface area contributed by atoms with E-state index >= 15 is 0 Å². The zero-order valence-electron chi connectivity index (χ0n) is 16.4. The van der Waals surface area contributed by atoms with Crippen LogP contribution in [0.2, 0.25) is 0 Å². The number of amides is 2. The number of aromatic hydroxyl groups is 1. The largest absolute Gasteiger partial charge is 0.508 e. The van der Waals surface area contributed by atoms with Crippen molar-refractivity contribution < 1.29 is 29.0 Å². The Bertz CT molecular complexity index is 1160. The fourth-order valence-corrected chi connectivity index (χ4v) is 5.59. The van der Waals surface area contributed by atoms with Crippen LogP contribution in [-0.4, -0.2) is 34.7 Å². The van der Waals surface area contributed by atoms with Crippen LogP contribution >= 0.6 is 11.8 Å². The minimum Gasteiger partial charge on any atom is -0.508 e. The number of esters is 1. The summed E-state index contributed by atoms with van der Waals surface area (Å²) in [5.74, 6) is -2.29. The molecule has 9 heteroatoms. The first kappa shape index (κ1) is 19.5. The average Bonchev–Trinajstić information content (AvgIpc) is 2.98. The molecule has 0 aliphatic carbocycles. The third kappa shape index (κ3) is 2.88. The van der Waals surface area contributed by atoms with Gasteiger partial charge in [0.05, 0.1) is 28.8 Å². The van der Waals surface area contributed by atoms with Crippen LogP contribution in [0.5, 0.6) is 17.2 Å². The van der Waals surface area contributed by atoms with Crippen molar-refractivity contribution in [1.29, 1.82) is 0 Å². The summed E-state index contributed by atoms with van der Waals surface area (Å²) in [4.78, 5) is 40.6. The molecule has 8 nitrogen and oxygen atoms in total. The molecule has 0 radical (unpaired) electrons. The van der Waals surface area contributed by atoms with Crippen LogP contribution in [0.1, 0.15) is 18.4 Å². The SMILES string of the molecule is CCOc1ccc(N2C(=O)[C@@H]3[C@H](SC(N)=C4C(=O)Oc5cc(O)ccc5[C@@H]43)C2=O)cc1. The molecule has 2 aromatic carbocycles. The number of nitrogens with zero attached hydrogens (tertiary/aromatic N) is 1. The van der Waals surface area contributed by atoms with Crippen LogP contribution in [0.25, 0.3) is 0 Å². The number of fused-ring (bicyclic) bond motifs is 5. The second-order valence-corrected chi connectivity index (χ2v) is 8.55. The Morgan fingerprint density at radius 2 is 1.87 bits per heavy atom. The lowest BCUT2D eigenvalue weighted by atomic mass is 9.77. The first-order chi connectivity index (χ1) is 14.9. The Morgan fingerprint density at radius 3 is 2.58 bits per heavy atom. The molecule has 3 atom stereocenters. The van der Waals surface area contributed by atoms with Crippen LogP contribution in [0.15, 0.2) is 53.1 Å². The fraction of sp³-hybridized carbons (Fsp3) is 0.227. The lowest BCUT2D eigenvalue weighted by Gasteiger charge is -2.36. The van der Waals surface area contributed by atoms with E-state index in [0.717, 1.165) is 16.7 Å². The van der Waals surface area contributed by atoms with Gasteiger partial charge in [0.25, 0.3) is 0 Å². The number of carbonyl (C=O) groups is 3. The Morgan fingerprint density at radius 1 is 1.13 bits per heavy atom. The number of ether oxygens (including phenoxy) is 2. The highest BCUT2D eigenvalue weighted by Crippen LogP contribution is 2.54. The van der Waals surface area contributed by atoms with Crippen molar-refractivity contribution in [3.8, 4) is 17.2 Å². The summed E-state index contributed by atoms with van der Waals surface area (Å²) in [5.41, 5.74) is 7.31. The number of benzene rings is 2. The van der Waals surface area contributed by atoms with Crippen molar-refractivity contribution in [2.45, 2.75) is 18.1 Å². The lowest BCUT2D eigenvalue weighted by molar-refractivity contribution is -0.131. The molecule has 2 amide bonds. The molecule has 0 bridgehead atoms. The zero-order valence-corrected chi connectivity index (χ0v) is 17.2. The number of anilines is 1. The Labute approximate surface area is 181 Å². The number of phenolic OH excluding ortho intramolecular Hbond substituents is 1. The van der Waals surface area contributed by atoms with Crippen molar-refractivity contribution in [3.63, 3.8) is 0 Å². The number of thioether (sulfide) groups is 1. The molecule has 158 valence electrons. The van der Waals surface area contributed by atoms with Crippen LogP contribution in [0.4, 0.5) is 5.69 Å². The van der Waals surface area contributed by atoms with Crippen molar-refractivity contribution in [2.75, 3.05) is 11.5 Å². The van der Waals surface area contributed by atoms with E-state index in [9.17, 15) is 19.5 Å². The summed E-state index contributed by atoms with van der Waals surface area (Å²) in [5, 5.41) is 9.19. The van der Waals surface area contributed by atoms with Crippen molar-refractivity contribution >= 4 is 35.2 Å². The molecule has 0 aromatic heterocycles. The maximum absolute atomic E-state index is 13.5. The molecule has 3 aliphatic heterocycles. The molecule has 31 heavy (non-hydrogen) atoms. The standard InChI is InChI=1S/C22H18N2O6S/c1-2-29-12-6-3-10(4-7-12)24-20(26)16-15-13-8-5-11(25)9-14(13)30-22(28)17(15)19(23)31-18(16)21(24)27/h3-9,15-16,18,25H,2,23H2,1H3/t15-,16+,18+/m1/s1. The number of hydrogen-bond donors (Lipinski definition) is 2. The molecule has 0 unspecified atom stereocenters. The first-order valence-electron chi connectivity index (χ1n) is 9.72. The highest BCUT2D eigenvalue weighted by molar-refractivity contribution is 8.04. The van der Waals surface area contributed by atoms with Gasteiger partial charge in [0.15, 0.2) is 0 Å². The van der Waals surface area contributed by atoms with E-state index in [1.165, 1.54) is 12.1 Å². The van der Waals surface area contributed by atoms with E-state index in [1.807, 2.05) is 6.92 Å². The quantitative estimate of drug-likeness (QED) is 0.426. The molecule has 1 saturated heterocycles. The van der Waals surface area contributed by atoms with E-state index in [4.69, 9.17) is 15.2 Å². The summed E-state index contributed by atoms with van der Waals surface area (Å²) in [7, 11) is 0. The first-order valence-corrected chi connectivity index (χ1v) is 10.6. The van der Waals surface area contributed by atoms with Gasteiger partial charge < -0.3 is 20.3 Å². The van der Waals surface area contributed by atoms with Gasteiger partial charge in [0, 0.05) is 17.5 Å². The number of hydrogen-bond acceptors (Lipinski definition) is 8. The monoisotopic (exact) mass is 438 g/mol. The molecule has 5 rings (SSSR count). The summed E-state index contributed by atoms with van der Waals surface area (Å²) in [6.45, 7) is 2.37. The third-order valence-electron chi connectivity index (χ3n) is 5.65. The summed E-state index contributed by atoms with van der Waals surface area (Å²) in [6.07, 6.45) is 0. The maximum Gasteiger partial charge on any atom is 0.342 e. The highest BCUT2D eigenvalue weighted by atomic mass is 32.2. The van der Waals surface area contributed by atoms with Crippen LogP contribution in [0, 0.1) is 5.92 Å². The number of rotatable bonds is 3. The van der Waals surface area contributed by atoms with Gasteiger partial charge in [-0.05, 0) is 37.3 Å². The molecule has 1 fully saturated rings. The topological polar surface area (TPSA) is 119 Å². The van der Waals surface area contributed by atoms with E-state index in [-0.39, 0.29) is 28.0 Å². The summed E-state index contributed by atoms with van der Waals surface area (Å²) >= 11 is 1.02. The molecular weight excluding hydrogens is 420 g/mol. The van der Waals surface area contributed by atoms with Gasteiger partial charge in [-0.25, -0.2) is 9.69 Å². The number of carbonyl (C=O) groups excluding carboxylic acids is 3. The Hall–Kier alpha value is -3.46. The van der Waals surface area contributed by atoms with E-state index in [2.05, 4.69) is 0 Å². The average molecular weight is 438 g/mol. The van der Waals surface area contributed by atoms with E-state index in [0.29, 0.717) is 23.6 Å². The molecular formula is C22H18N2O6S. The number of nitrogens with two attached hydrogens (primary N) is 1. The maximum atomic E-state index is 13.5. The van der Waals surface area contributed by atoms with Gasteiger partial charge in [-0.2, -0.15) is 0 Å². The third-order valence-corrected chi connectivity index (χ3v) is 6.87. The van der Waals surface area contributed by atoms with Crippen molar-refractivity contribution in [1.82, 2.24) is 0 Å². The zero-order chi connectivity index (χ0) is 21.9. The molecule has 0 saturated carbocycles. The van der Waals surface area contributed by atoms with Crippen LogP contribution in [0.3, 0.4) is 0 Å². The van der Waals surface area contributed by atoms with Gasteiger partial charge >= 0.3 is 5.97 Å². The summed E-state index contributed by atoms with van der Waals surface area (Å²) in [6, 6.07) is 11.1. The lowest BCUT2D eigenvalue weighted by Crippen LogP contribution is -2.39. The van der Waals surface area contributed by atoms with Gasteiger partial charge in [0.1, 0.15) is 22.5 Å². The van der Waals surface area contributed by atoms with Crippen molar-refractivity contribution in [3.05, 3.63) is 58.6 Å². The second-order valence-electron chi connectivity index (χ2n) is 7.37. The fourth-order valence-electron chi connectivity index (χ4n) is 4.35. The van der Waals surface area contributed by atoms with Crippen molar-refractivity contribution in [2.24, 2.45) is 11.7 Å². The number of imide groups is 1. The second kappa shape index (κ2) is 7.05. The predicted octanol–water partition coefficient (Wildman–Crippen LogP) is 2.27. The summed E-state index contributed by atoms with van der Waals surface area (Å²) < 4.78 is 10.8. The Balaban J connectivity index is 1.59. The molecule has 0 spiro atoms. The van der Waals surface area contributed by atoms with Gasteiger partial charge in [0.2, 0.25) is 11.8 Å². The van der Waals surface area contributed by atoms with E-state index in [1.54, 1.807) is 30.3 Å². The highest BCUT2D eigenvalue weighted by Gasteiger charge is 2.58. The molecule has 3 N–H and O–H groups in total. The van der Waals surface area contributed by atoms with E-state index < -0.39 is 29.0 Å². The number of phenols is 1. The molecule has 2 aromatic rings.